The molecule has 1 aliphatic rings. The summed E-state index contributed by atoms with van der Waals surface area (Å²) < 4.78 is 52.0. The summed E-state index contributed by atoms with van der Waals surface area (Å²) in [7, 11) is -7.64. The maximum absolute atomic E-state index is 13.3. The molecule has 0 spiro atoms. The van der Waals surface area contributed by atoms with Gasteiger partial charge in [-0.15, -0.1) is 12.4 Å². The van der Waals surface area contributed by atoms with Crippen molar-refractivity contribution in [1.29, 1.82) is 0 Å². The van der Waals surface area contributed by atoms with Crippen molar-refractivity contribution in [3.05, 3.63) is 99.6 Å². The highest BCUT2D eigenvalue weighted by atomic mass is 35.5. The number of fused-ring (bicyclic) bond motifs is 1. The molecule has 0 saturated carbocycles. The fourth-order valence-electron chi connectivity index (χ4n) is 3.85. The number of nitro groups is 1. The molecule has 0 aliphatic carbocycles. The van der Waals surface area contributed by atoms with E-state index in [2.05, 4.69) is 5.32 Å². The molecule has 174 valence electrons. The van der Waals surface area contributed by atoms with Gasteiger partial charge in [-0.25, -0.2) is 16.8 Å². The number of benzene rings is 3. The molecular weight excluding hydrogens is 488 g/mol. The average Bonchev–Trinajstić information content (AvgIpc) is 3.07. The zero-order valence-electron chi connectivity index (χ0n) is 17.2. The summed E-state index contributed by atoms with van der Waals surface area (Å²) in [4.78, 5) is 10.4. The number of nitrogens with one attached hydrogen (secondary N) is 1. The van der Waals surface area contributed by atoms with Crippen LogP contribution in [0.3, 0.4) is 0 Å². The maximum atomic E-state index is 13.3. The Balaban J connectivity index is 0.00000306. The number of hydrogen-bond acceptors (Lipinski definition) is 7. The lowest BCUT2D eigenvalue weighted by atomic mass is 10.0. The van der Waals surface area contributed by atoms with Crippen molar-refractivity contribution in [2.24, 2.45) is 0 Å². The Bertz CT molecular complexity index is 1380. The van der Waals surface area contributed by atoms with Crippen LogP contribution in [0.1, 0.15) is 21.9 Å². The molecule has 1 aliphatic heterocycles. The second-order valence-corrected chi connectivity index (χ2v) is 11.6. The van der Waals surface area contributed by atoms with Gasteiger partial charge in [-0.1, -0.05) is 42.5 Å². The largest absolute Gasteiger partial charge is 0.309 e. The molecule has 0 saturated heterocycles. The van der Waals surface area contributed by atoms with E-state index in [0.717, 1.165) is 5.56 Å². The third-order valence-corrected chi connectivity index (χ3v) is 9.51. The molecule has 11 heteroatoms. The van der Waals surface area contributed by atoms with Crippen LogP contribution in [0.25, 0.3) is 0 Å². The molecule has 0 radical (unpaired) electrons. The zero-order chi connectivity index (χ0) is 22.9. The van der Waals surface area contributed by atoms with Gasteiger partial charge in [0.2, 0.25) is 0 Å². The molecule has 4 rings (SSSR count). The highest BCUT2D eigenvalue weighted by Gasteiger charge is 2.44. The van der Waals surface area contributed by atoms with Gasteiger partial charge in [-0.3, -0.25) is 10.1 Å². The van der Waals surface area contributed by atoms with Gasteiger partial charge in [0.05, 0.1) is 20.5 Å². The van der Waals surface area contributed by atoms with E-state index in [1.54, 1.807) is 42.5 Å². The standard InChI is InChI=1S/C22H20N2O6S2.ClH/c25-24(26)18-11-9-16(10-12-18)13-23-14-17-5-4-8-20-22(17)21(15-31(20,27)28)32(29,30)19-6-2-1-3-7-19;/h1-12,21,23H,13-15H2;1H. The molecule has 3 aromatic rings. The number of non-ortho nitro benzene ring substituents is 1. The van der Waals surface area contributed by atoms with Crippen molar-refractivity contribution in [2.45, 2.75) is 28.1 Å². The van der Waals surface area contributed by atoms with Crippen LogP contribution in [0.2, 0.25) is 0 Å². The molecule has 0 bridgehead atoms. The van der Waals surface area contributed by atoms with Crippen molar-refractivity contribution in [3.63, 3.8) is 0 Å². The molecule has 3 aromatic carbocycles. The average molecular weight is 509 g/mol. The zero-order valence-corrected chi connectivity index (χ0v) is 19.7. The van der Waals surface area contributed by atoms with Crippen molar-refractivity contribution in [2.75, 3.05) is 5.75 Å². The monoisotopic (exact) mass is 508 g/mol. The van der Waals surface area contributed by atoms with Gasteiger partial charge in [0, 0.05) is 25.2 Å². The lowest BCUT2D eigenvalue weighted by molar-refractivity contribution is -0.384. The van der Waals surface area contributed by atoms with Gasteiger partial charge in [-0.2, -0.15) is 0 Å². The highest BCUT2D eigenvalue weighted by Crippen LogP contribution is 2.42. The first-order chi connectivity index (χ1) is 15.2. The molecule has 0 aromatic heterocycles. The summed E-state index contributed by atoms with van der Waals surface area (Å²) in [5, 5.41) is 12.8. The lowest BCUT2D eigenvalue weighted by Crippen LogP contribution is -2.19. The number of hydrogen-bond donors (Lipinski definition) is 1. The summed E-state index contributed by atoms with van der Waals surface area (Å²) in [5.74, 6) is -0.487. The first kappa shape index (κ1) is 24.8. The van der Waals surface area contributed by atoms with Crippen LogP contribution in [0.15, 0.2) is 82.6 Å². The minimum Gasteiger partial charge on any atom is -0.309 e. The Morgan fingerprint density at radius 1 is 0.939 bits per heavy atom. The van der Waals surface area contributed by atoms with E-state index < -0.39 is 35.6 Å². The quantitative estimate of drug-likeness (QED) is 0.382. The van der Waals surface area contributed by atoms with Crippen LogP contribution in [-0.4, -0.2) is 27.5 Å². The number of sulfone groups is 2. The van der Waals surface area contributed by atoms with Crippen LogP contribution in [0, 0.1) is 10.1 Å². The smallest absolute Gasteiger partial charge is 0.269 e. The number of nitro benzene ring substituents is 1. The van der Waals surface area contributed by atoms with E-state index >= 15 is 0 Å². The third-order valence-electron chi connectivity index (χ3n) is 5.42. The Labute approximate surface area is 198 Å². The molecule has 8 nitrogen and oxygen atoms in total. The van der Waals surface area contributed by atoms with Gasteiger partial charge >= 0.3 is 0 Å². The first-order valence-corrected chi connectivity index (χ1v) is 13.0. The predicted molar refractivity (Wildman–Crippen MR) is 126 cm³/mol. The van der Waals surface area contributed by atoms with E-state index in [1.807, 2.05) is 0 Å². The van der Waals surface area contributed by atoms with Crippen molar-refractivity contribution in [1.82, 2.24) is 5.32 Å². The van der Waals surface area contributed by atoms with E-state index in [1.165, 1.54) is 30.3 Å². The summed E-state index contributed by atoms with van der Waals surface area (Å²) in [6, 6.07) is 18.7. The molecule has 1 heterocycles. The molecule has 33 heavy (non-hydrogen) atoms. The van der Waals surface area contributed by atoms with Crippen LogP contribution in [0.5, 0.6) is 0 Å². The minimum absolute atomic E-state index is 0. The van der Waals surface area contributed by atoms with Crippen LogP contribution < -0.4 is 5.32 Å². The molecular formula is C22H21ClN2O6S2. The number of halogens is 1. The second-order valence-electron chi connectivity index (χ2n) is 7.48. The Kier molecular flexibility index (Phi) is 7.23. The van der Waals surface area contributed by atoms with Crippen molar-refractivity contribution in [3.8, 4) is 0 Å². The predicted octanol–water partition coefficient (Wildman–Crippen LogP) is 3.61. The van der Waals surface area contributed by atoms with Crippen LogP contribution >= 0.6 is 12.4 Å². The molecule has 0 amide bonds. The lowest BCUT2D eigenvalue weighted by Gasteiger charge is -2.16. The van der Waals surface area contributed by atoms with Crippen molar-refractivity contribution < 1.29 is 21.8 Å². The summed E-state index contributed by atoms with van der Waals surface area (Å²) >= 11 is 0. The van der Waals surface area contributed by atoms with Crippen LogP contribution in [-0.2, 0) is 32.8 Å². The number of rotatable bonds is 7. The summed E-state index contributed by atoms with van der Waals surface area (Å²) in [5.41, 5.74) is 1.71. The minimum atomic E-state index is -3.91. The van der Waals surface area contributed by atoms with Gasteiger partial charge in [-0.05, 0) is 34.9 Å². The number of nitrogens with zero attached hydrogens (tertiary/aromatic N) is 1. The Morgan fingerprint density at radius 3 is 2.24 bits per heavy atom. The fraction of sp³-hybridized carbons (Fsp3) is 0.182. The SMILES string of the molecule is Cl.O=[N+]([O-])c1ccc(CNCc2cccc3c2C(S(=O)(=O)c2ccccc2)CS3(=O)=O)cc1. The van der Waals surface area contributed by atoms with Crippen molar-refractivity contribution >= 4 is 37.8 Å². The molecule has 1 N–H and O–H groups in total. The van der Waals surface area contributed by atoms with Gasteiger partial charge in [0.1, 0.15) is 5.25 Å². The third kappa shape index (κ3) is 4.93. The fourth-order valence-corrected chi connectivity index (χ4v) is 8.27. The molecule has 1 unspecified atom stereocenters. The summed E-state index contributed by atoms with van der Waals surface area (Å²) in [6.07, 6.45) is 0. The second kappa shape index (κ2) is 9.60. The highest BCUT2D eigenvalue weighted by molar-refractivity contribution is 7.96. The Morgan fingerprint density at radius 2 is 1.61 bits per heavy atom. The van der Waals surface area contributed by atoms with Crippen LogP contribution in [0.4, 0.5) is 5.69 Å². The first-order valence-electron chi connectivity index (χ1n) is 9.78. The van der Waals surface area contributed by atoms with E-state index in [-0.39, 0.29) is 34.4 Å². The Hall–Kier alpha value is -2.79. The molecule has 1 atom stereocenters. The van der Waals surface area contributed by atoms with E-state index in [4.69, 9.17) is 0 Å². The van der Waals surface area contributed by atoms with Gasteiger partial charge in [0.25, 0.3) is 5.69 Å². The van der Waals surface area contributed by atoms with Gasteiger partial charge < -0.3 is 5.32 Å². The maximum Gasteiger partial charge on any atom is 0.269 e. The normalized spacial score (nSPS) is 16.5. The van der Waals surface area contributed by atoms with Gasteiger partial charge in [0.15, 0.2) is 19.7 Å². The van der Waals surface area contributed by atoms with E-state index in [0.29, 0.717) is 17.7 Å². The molecule has 0 fully saturated rings. The van der Waals surface area contributed by atoms with E-state index in [9.17, 15) is 26.9 Å². The topological polar surface area (TPSA) is 123 Å². The summed E-state index contributed by atoms with van der Waals surface area (Å²) in [6.45, 7) is 0.626.